The van der Waals surface area contributed by atoms with Crippen molar-refractivity contribution in [2.45, 2.75) is 39.3 Å². The molecule has 0 bridgehead atoms. The molecule has 2 atom stereocenters. The van der Waals surface area contributed by atoms with E-state index in [0.717, 1.165) is 43.3 Å². The number of hydrogen-bond donors (Lipinski definition) is 2. The fraction of sp³-hybridized carbons (Fsp3) is 0.458. The molecule has 1 fully saturated rings. The average molecular weight is 396 g/mol. The van der Waals surface area contributed by atoms with Crippen LogP contribution in [-0.2, 0) is 11.3 Å². The fourth-order valence-corrected chi connectivity index (χ4v) is 3.79. The molecule has 2 aromatic rings. The first-order chi connectivity index (χ1) is 14.2. The molecular weight excluding hydrogens is 362 g/mol. The minimum atomic E-state index is 0.136. The van der Waals surface area contributed by atoms with Crippen molar-refractivity contribution in [2.24, 2.45) is 10.9 Å². The summed E-state index contributed by atoms with van der Waals surface area (Å²) in [5, 5.41) is 6.91. The summed E-state index contributed by atoms with van der Waals surface area (Å²) in [5.41, 5.74) is 3.58. The number of ether oxygens (including phenoxy) is 2. The number of guanidine groups is 1. The highest BCUT2D eigenvalue weighted by atomic mass is 16.5. The first kappa shape index (κ1) is 21.2. The number of benzene rings is 2. The molecule has 1 saturated heterocycles. The third-order valence-electron chi connectivity index (χ3n) is 5.30. The van der Waals surface area contributed by atoms with Crippen LogP contribution < -0.4 is 15.4 Å². The van der Waals surface area contributed by atoms with Gasteiger partial charge < -0.3 is 20.1 Å². The van der Waals surface area contributed by atoms with Crippen molar-refractivity contribution >= 4 is 5.96 Å². The number of aryl methyl sites for hydroxylation is 1. The standard InChI is InChI=1S/C24H33N3O2/c1-4-28-22-15-18(2)12-13-20(22)16-26-24(25-3)27-17-21-11-8-14-29-23(21)19-9-6-5-7-10-19/h5-7,9-10,12-13,15,21,23H,4,8,11,14,16-17H2,1-3H3,(H2,25,26,27). The van der Waals surface area contributed by atoms with Gasteiger partial charge in [0.2, 0.25) is 0 Å². The Bertz CT molecular complexity index is 792. The van der Waals surface area contributed by atoms with Gasteiger partial charge in [-0.25, -0.2) is 0 Å². The van der Waals surface area contributed by atoms with Crippen LogP contribution in [0, 0.1) is 12.8 Å². The van der Waals surface area contributed by atoms with Crippen molar-refractivity contribution in [3.63, 3.8) is 0 Å². The van der Waals surface area contributed by atoms with Crippen molar-refractivity contribution in [3.05, 3.63) is 65.2 Å². The Morgan fingerprint density at radius 3 is 2.76 bits per heavy atom. The van der Waals surface area contributed by atoms with E-state index in [1.54, 1.807) is 7.05 Å². The Hall–Kier alpha value is -2.53. The van der Waals surface area contributed by atoms with Crippen LogP contribution in [0.1, 0.15) is 42.6 Å². The highest BCUT2D eigenvalue weighted by Gasteiger charge is 2.27. The predicted molar refractivity (Wildman–Crippen MR) is 118 cm³/mol. The van der Waals surface area contributed by atoms with Gasteiger partial charge in [0.25, 0.3) is 0 Å². The van der Waals surface area contributed by atoms with Crippen LogP contribution in [0.3, 0.4) is 0 Å². The summed E-state index contributed by atoms with van der Waals surface area (Å²) in [6.45, 7) is 7.07. The maximum absolute atomic E-state index is 6.11. The van der Waals surface area contributed by atoms with E-state index < -0.39 is 0 Å². The van der Waals surface area contributed by atoms with Gasteiger partial charge in [-0.1, -0.05) is 42.5 Å². The van der Waals surface area contributed by atoms with Crippen LogP contribution in [0.4, 0.5) is 0 Å². The van der Waals surface area contributed by atoms with Crippen LogP contribution in [-0.4, -0.2) is 32.8 Å². The maximum Gasteiger partial charge on any atom is 0.191 e. The summed E-state index contributed by atoms with van der Waals surface area (Å²) in [6.07, 6.45) is 2.39. The van der Waals surface area contributed by atoms with Crippen LogP contribution >= 0.6 is 0 Å². The van der Waals surface area contributed by atoms with Gasteiger partial charge in [-0.05, 0) is 43.9 Å². The zero-order valence-corrected chi connectivity index (χ0v) is 17.8. The van der Waals surface area contributed by atoms with Crippen molar-refractivity contribution in [2.75, 3.05) is 26.8 Å². The van der Waals surface area contributed by atoms with Crippen LogP contribution in [0.2, 0.25) is 0 Å². The van der Waals surface area contributed by atoms with E-state index >= 15 is 0 Å². The van der Waals surface area contributed by atoms with Crippen molar-refractivity contribution < 1.29 is 9.47 Å². The SMILES string of the molecule is CCOc1cc(C)ccc1CNC(=NC)NCC1CCCOC1c1ccccc1. The molecule has 0 radical (unpaired) electrons. The molecule has 0 spiro atoms. The van der Waals surface area contributed by atoms with Gasteiger partial charge in [0.05, 0.1) is 12.7 Å². The van der Waals surface area contributed by atoms with Gasteiger partial charge >= 0.3 is 0 Å². The molecule has 3 rings (SSSR count). The molecule has 2 aromatic carbocycles. The third kappa shape index (κ3) is 5.97. The van der Waals surface area contributed by atoms with Crippen molar-refractivity contribution in [1.82, 2.24) is 10.6 Å². The lowest BCUT2D eigenvalue weighted by Gasteiger charge is -2.32. The van der Waals surface area contributed by atoms with Crippen LogP contribution in [0.15, 0.2) is 53.5 Å². The number of rotatable bonds is 7. The first-order valence-electron chi connectivity index (χ1n) is 10.5. The van der Waals surface area contributed by atoms with Gasteiger partial charge in [-0.2, -0.15) is 0 Å². The van der Waals surface area contributed by atoms with E-state index in [2.05, 4.69) is 65.0 Å². The van der Waals surface area contributed by atoms with Gasteiger partial charge in [0.15, 0.2) is 5.96 Å². The second-order valence-corrected chi connectivity index (χ2v) is 7.46. The maximum atomic E-state index is 6.11. The lowest BCUT2D eigenvalue weighted by atomic mass is 9.89. The van der Waals surface area contributed by atoms with E-state index in [9.17, 15) is 0 Å². The highest BCUT2D eigenvalue weighted by molar-refractivity contribution is 5.79. The van der Waals surface area contributed by atoms with E-state index in [-0.39, 0.29) is 6.10 Å². The molecule has 1 aliphatic rings. The Labute approximate surface area is 174 Å². The van der Waals surface area contributed by atoms with E-state index in [0.29, 0.717) is 19.1 Å². The van der Waals surface area contributed by atoms with E-state index in [1.807, 2.05) is 13.0 Å². The molecule has 156 valence electrons. The third-order valence-corrected chi connectivity index (χ3v) is 5.30. The summed E-state index contributed by atoms with van der Waals surface area (Å²) in [6, 6.07) is 16.8. The topological polar surface area (TPSA) is 54.9 Å². The minimum absolute atomic E-state index is 0.136. The molecule has 1 aliphatic heterocycles. The van der Waals surface area contributed by atoms with Crippen LogP contribution in [0.5, 0.6) is 5.75 Å². The second kappa shape index (κ2) is 10.9. The zero-order chi connectivity index (χ0) is 20.5. The number of nitrogens with zero attached hydrogens (tertiary/aromatic N) is 1. The van der Waals surface area contributed by atoms with Gasteiger partial charge in [-0.3, -0.25) is 4.99 Å². The molecule has 0 saturated carbocycles. The largest absolute Gasteiger partial charge is 0.494 e. The summed E-state index contributed by atoms with van der Waals surface area (Å²) in [4.78, 5) is 4.39. The molecule has 2 unspecified atom stereocenters. The molecule has 1 heterocycles. The van der Waals surface area contributed by atoms with Gasteiger partial charge in [0, 0.05) is 38.2 Å². The predicted octanol–water partition coefficient (Wildman–Crippen LogP) is 4.23. The smallest absolute Gasteiger partial charge is 0.191 e. The molecule has 5 nitrogen and oxygen atoms in total. The number of aliphatic imine (C=N–C) groups is 1. The minimum Gasteiger partial charge on any atom is -0.494 e. The summed E-state index contributed by atoms with van der Waals surface area (Å²) in [5.74, 6) is 2.15. The Kier molecular flexibility index (Phi) is 7.94. The molecule has 29 heavy (non-hydrogen) atoms. The monoisotopic (exact) mass is 395 g/mol. The highest BCUT2D eigenvalue weighted by Crippen LogP contribution is 2.33. The molecule has 5 heteroatoms. The lowest BCUT2D eigenvalue weighted by molar-refractivity contribution is -0.0265. The zero-order valence-electron chi connectivity index (χ0n) is 17.8. The van der Waals surface area contributed by atoms with E-state index in [4.69, 9.17) is 9.47 Å². The van der Waals surface area contributed by atoms with E-state index in [1.165, 1.54) is 11.1 Å². The van der Waals surface area contributed by atoms with Crippen molar-refractivity contribution in [1.29, 1.82) is 0 Å². The fourth-order valence-electron chi connectivity index (χ4n) is 3.79. The van der Waals surface area contributed by atoms with Crippen molar-refractivity contribution in [3.8, 4) is 5.75 Å². The lowest BCUT2D eigenvalue weighted by Crippen LogP contribution is -2.41. The molecule has 2 N–H and O–H groups in total. The average Bonchev–Trinajstić information content (AvgIpc) is 2.76. The normalized spacial score (nSPS) is 19.6. The Morgan fingerprint density at radius 1 is 1.17 bits per heavy atom. The Morgan fingerprint density at radius 2 is 2.00 bits per heavy atom. The molecule has 0 aromatic heterocycles. The van der Waals surface area contributed by atoms with Gasteiger partial charge in [-0.15, -0.1) is 0 Å². The number of nitrogens with one attached hydrogen (secondary N) is 2. The summed E-state index contributed by atoms with van der Waals surface area (Å²) >= 11 is 0. The Balaban J connectivity index is 1.57. The molecular formula is C24H33N3O2. The summed E-state index contributed by atoms with van der Waals surface area (Å²) in [7, 11) is 1.81. The van der Waals surface area contributed by atoms with Crippen LogP contribution in [0.25, 0.3) is 0 Å². The second-order valence-electron chi connectivity index (χ2n) is 7.46. The number of hydrogen-bond acceptors (Lipinski definition) is 3. The van der Waals surface area contributed by atoms with Gasteiger partial charge in [0.1, 0.15) is 5.75 Å². The first-order valence-corrected chi connectivity index (χ1v) is 10.5. The summed E-state index contributed by atoms with van der Waals surface area (Å²) < 4.78 is 11.9. The quantitative estimate of drug-likeness (QED) is 0.544. The molecule has 0 aliphatic carbocycles. The molecule has 0 amide bonds.